The van der Waals surface area contributed by atoms with Gasteiger partial charge in [0, 0.05) is 11.1 Å². The van der Waals surface area contributed by atoms with Gasteiger partial charge in [-0.1, -0.05) is 35.5 Å². The van der Waals surface area contributed by atoms with E-state index >= 15 is 0 Å². The van der Waals surface area contributed by atoms with E-state index in [2.05, 4.69) is 15.2 Å². The number of hydrogen-bond donors (Lipinski definition) is 0. The number of rotatable bonds is 4. The van der Waals surface area contributed by atoms with Crippen molar-refractivity contribution in [3.63, 3.8) is 0 Å². The Morgan fingerprint density at radius 3 is 2.90 bits per heavy atom. The van der Waals surface area contributed by atoms with Crippen molar-refractivity contribution in [3.8, 4) is 11.5 Å². The highest BCUT2D eigenvalue weighted by Gasteiger charge is 2.12. The Kier molecular flexibility index (Phi) is 4.05. The molecular formula is C13H10ClN3OS2. The summed E-state index contributed by atoms with van der Waals surface area (Å²) in [7, 11) is 0. The molecule has 0 aliphatic rings. The third kappa shape index (κ3) is 3.03. The Balaban J connectivity index is 1.72. The first-order chi connectivity index (χ1) is 9.72. The summed E-state index contributed by atoms with van der Waals surface area (Å²) in [5.41, 5.74) is 1.78. The van der Waals surface area contributed by atoms with E-state index in [1.54, 1.807) is 29.2 Å². The van der Waals surface area contributed by atoms with Crippen molar-refractivity contribution in [1.29, 1.82) is 0 Å². The minimum absolute atomic E-state index is 0.446. The molecule has 0 unspecified atom stereocenters. The van der Waals surface area contributed by atoms with Gasteiger partial charge in [-0.15, -0.1) is 21.5 Å². The fourth-order valence-electron chi connectivity index (χ4n) is 1.58. The Morgan fingerprint density at radius 2 is 2.15 bits per heavy atom. The van der Waals surface area contributed by atoms with Gasteiger partial charge in [0.1, 0.15) is 0 Å². The molecule has 0 aliphatic heterocycles. The number of aromatic nitrogens is 3. The molecule has 3 aromatic rings. The molecule has 20 heavy (non-hydrogen) atoms. The lowest BCUT2D eigenvalue weighted by Gasteiger charge is -1.96. The smallest absolute Gasteiger partial charge is 0.249 e. The lowest BCUT2D eigenvalue weighted by atomic mass is 10.2. The highest BCUT2D eigenvalue weighted by molar-refractivity contribution is 8.00. The maximum absolute atomic E-state index is 6.10. The van der Waals surface area contributed by atoms with Crippen LogP contribution in [0.5, 0.6) is 0 Å². The predicted octanol–water partition coefficient (Wildman–Crippen LogP) is 4.45. The molecule has 7 heteroatoms. The molecule has 0 saturated heterocycles. The summed E-state index contributed by atoms with van der Waals surface area (Å²) < 4.78 is 6.63. The molecule has 3 rings (SSSR count). The first-order valence-electron chi connectivity index (χ1n) is 5.84. The zero-order valence-corrected chi connectivity index (χ0v) is 12.9. The van der Waals surface area contributed by atoms with E-state index in [0.29, 0.717) is 22.6 Å². The van der Waals surface area contributed by atoms with Gasteiger partial charge in [-0.3, -0.25) is 0 Å². The lowest BCUT2D eigenvalue weighted by molar-refractivity contribution is 0.528. The van der Waals surface area contributed by atoms with Crippen molar-refractivity contribution in [2.45, 2.75) is 17.0 Å². The molecule has 0 N–H and O–H groups in total. The van der Waals surface area contributed by atoms with Crippen LogP contribution in [0.4, 0.5) is 0 Å². The minimum atomic E-state index is 0.446. The quantitative estimate of drug-likeness (QED) is 0.664. The van der Waals surface area contributed by atoms with Gasteiger partial charge >= 0.3 is 0 Å². The Bertz CT molecular complexity index is 726. The number of hydrogen-bond acceptors (Lipinski definition) is 6. The minimum Gasteiger partial charge on any atom is -0.420 e. The highest BCUT2D eigenvalue weighted by atomic mass is 35.5. The summed E-state index contributed by atoms with van der Waals surface area (Å²) in [5, 5.41) is 10.7. The zero-order chi connectivity index (χ0) is 13.9. The van der Waals surface area contributed by atoms with Crippen LogP contribution in [0.3, 0.4) is 0 Å². The fourth-order valence-corrected chi connectivity index (χ4v) is 3.48. The van der Waals surface area contributed by atoms with Gasteiger partial charge in [-0.05, 0) is 19.1 Å². The van der Waals surface area contributed by atoms with Crippen LogP contribution in [0.25, 0.3) is 11.5 Å². The molecule has 2 heterocycles. The predicted molar refractivity (Wildman–Crippen MR) is 81.2 cm³/mol. The van der Waals surface area contributed by atoms with Crippen LogP contribution in [-0.2, 0) is 5.75 Å². The van der Waals surface area contributed by atoms with Crippen LogP contribution in [0, 0.1) is 6.92 Å². The van der Waals surface area contributed by atoms with E-state index in [4.69, 9.17) is 16.0 Å². The van der Waals surface area contributed by atoms with Crippen molar-refractivity contribution >= 4 is 34.7 Å². The number of aryl methyl sites for hydroxylation is 1. The van der Waals surface area contributed by atoms with Crippen molar-refractivity contribution < 1.29 is 4.42 Å². The first-order valence-corrected chi connectivity index (χ1v) is 8.09. The average Bonchev–Trinajstić information content (AvgIpc) is 3.06. The highest BCUT2D eigenvalue weighted by Crippen LogP contribution is 2.29. The second kappa shape index (κ2) is 5.95. The van der Waals surface area contributed by atoms with Crippen LogP contribution in [-0.4, -0.2) is 15.2 Å². The molecule has 0 fully saturated rings. The van der Waals surface area contributed by atoms with Crippen molar-refractivity contribution in [2.75, 3.05) is 0 Å². The number of halogens is 1. The van der Waals surface area contributed by atoms with Crippen molar-refractivity contribution in [3.05, 3.63) is 46.3 Å². The summed E-state index contributed by atoms with van der Waals surface area (Å²) in [5.74, 6) is 1.61. The fraction of sp³-hybridized carbons (Fsp3) is 0.154. The zero-order valence-electron chi connectivity index (χ0n) is 10.5. The summed E-state index contributed by atoms with van der Waals surface area (Å²) in [4.78, 5) is 4.38. The van der Waals surface area contributed by atoms with Crippen LogP contribution in [0.15, 0.2) is 38.4 Å². The summed E-state index contributed by atoms with van der Waals surface area (Å²) >= 11 is 9.30. The van der Waals surface area contributed by atoms with Crippen LogP contribution in [0.2, 0.25) is 5.02 Å². The lowest BCUT2D eigenvalue weighted by Crippen LogP contribution is -1.80. The normalized spacial score (nSPS) is 10.9. The number of nitrogens with zero attached hydrogens (tertiary/aromatic N) is 3. The number of thioether (sulfide) groups is 1. The molecule has 1 aromatic carbocycles. The topological polar surface area (TPSA) is 51.8 Å². The third-order valence-electron chi connectivity index (χ3n) is 2.49. The molecule has 0 atom stereocenters. The van der Waals surface area contributed by atoms with Gasteiger partial charge in [0.15, 0.2) is 4.34 Å². The second-order valence-electron chi connectivity index (χ2n) is 4.02. The summed E-state index contributed by atoms with van der Waals surface area (Å²) in [6.45, 7) is 1.97. The average molecular weight is 324 g/mol. The number of thiazole rings is 1. The molecule has 0 amide bonds. The van der Waals surface area contributed by atoms with Crippen molar-refractivity contribution in [2.24, 2.45) is 0 Å². The standard InChI is InChI=1S/C13H10ClN3OS2/c1-8-6-19-13(15-8)20-7-11-16-17-12(18-11)9-4-2-3-5-10(9)14/h2-6H,7H2,1H3. The molecule has 0 aliphatic carbocycles. The first kappa shape index (κ1) is 13.6. The molecule has 0 bridgehead atoms. The van der Waals surface area contributed by atoms with Crippen LogP contribution < -0.4 is 0 Å². The van der Waals surface area contributed by atoms with Gasteiger partial charge in [0.05, 0.1) is 16.3 Å². The van der Waals surface area contributed by atoms with Crippen LogP contribution >= 0.6 is 34.7 Å². The van der Waals surface area contributed by atoms with E-state index in [-0.39, 0.29) is 0 Å². The second-order valence-corrected chi connectivity index (χ2v) is 6.51. The van der Waals surface area contributed by atoms with Gasteiger partial charge in [-0.25, -0.2) is 4.98 Å². The van der Waals surface area contributed by atoms with Crippen molar-refractivity contribution in [1.82, 2.24) is 15.2 Å². The summed E-state index contributed by atoms with van der Waals surface area (Å²) in [6.07, 6.45) is 0. The Morgan fingerprint density at radius 1 is 1.30 bits per heavy atom. The van der Waals surface area contributed by atoms with Gasteiger partial charge < -0.3 is 4.42 Å². The van der Waals surface area contributed by atoms with E-state index in [9.17, 15) is 0 Å². The molecule has 0 saturated carbocycles. The molecular weight excluding hydrogens is 314 g/mol. The Labute approximate surface area is 129 Å². The maximum atomic E-state index is 6.10. The van der Waals surface area contributed by atoms with E-state index in [1.165, 1.54) is 0 Å². The van der Waals surface area contributed by atoms with Gasteiger partial charge in [0.25, 0.3) is 0 Å². The number of benzene rings is 1. The molecule has 4 nitrogen and oxygen atoms in total. The molecule has 0 radical (unpaired) electrons. The van der Waals surface area contributed by atoms with E-state index < -0.39 is 0 Å². The molecule has 0 spiro atoms. The molecule has 2 aromatic heterocycles. The van der Waals surface area contributed by atoms with Gasteiger partial charge in [-0.2, -0.15) is 0 Å². The summed E-state index contributed by atoms with van der Waals surface area (Å²) in [6, 6.07) is 7.41. The monoisotopic (exact) mass is 323 g/mol. The van der Waals surface area contributed by atoms with Gasteiger partial charge in [0.2, 0.25) is 11.8 Å². The Hall–Kier alpha value is -1.37. The maximum Gasteiger partial charge on any atom is 0.249 e. The largest absolute Gasteiger partial charge is 0.420 e. The third-order valence-corrected chi connectivity index (χ3v) is 4.94. The SMILES string of the molecule is Cc1csc(SCc2nnc(-c3ccccc3Cl)o2)n1. The molecule has 102 valence electrons. The van der Waals surface area contributed by atoms with Crippen LogP contribution in [0.1, 0.15) is 11.6 Å². The van der Waals surface area contributed by atoms with E-state index in [1.807, 2.05) is 30.5 Å². The van der Waals surface area contributed by atoms with E-state index in [0.717, 1.165) is 15.6 Å².